The van der Waals surface area contributed by atoms with Crippen molar-refractivity contribution in [2.75, 3.05) is 19.6 Å². The van der Waals surface area contributed by atoms with Crippen molar-refractivity contribution >= 4 is 5.91 Å². The molecule has 2 N–H and O–H groups in total. The Morgan fingerprint density at radius 3 is 2.63 bits per heavy atom. The van der Waals surface area contributed by atoms with Gasteiger partial charge in [-0.3, -0.25) is 4.79 Å². The zero-order valence-electron chi connectivity index (χ0n) is 11.8. The largest absolute Gasteiger partial charge is 0.339 e. The lowest BCUT2D eigenvalue weighted by molar-refractivity contribution is 0.0687. The minimum atomic E-state index is 0.198. The van der Waals surface area contributed by atoms with E-state index in [1.807, 2.05) is 23.1 Å². The molecular formula is C16H24N2O. The van der Waals surface area contributed by atoms with E-state index in [2.05, 4.69) is 13.0 Å². The molecule has 2 rings (SSSR count). The van der Waals surface area contributed by atoms with Crippen molar-refractivity contribution in [2.24, 2.45) is 11.7 Å². The number of nitrogens with two attached hydrogens (primary N) is 1. The quantitative estimate of drug-likeness (QED) is 0.904. The number of carbonyl (C=O) groups excluding carboxylic acids is 1. The molecule has 1 aliphatic heterocycles. The predicted octanol–water partition coefficient (Wildman–Crippen LogP) is 2.45. The van der Waals surface area contributed by atoms with E-state index in [1.165, 1.54) is 0 Å². The van der Waals surface area contributed by atoms with Crippen LogP contribution in [-0.2, 0) is 6.42 Å². The second kappa shape index (κ2) is 6.71. The molecule has 1 aliphatic rings. The van der Waals surface area contributed by atoms with Gasteiger partial charge in [0.25, 0.3) is 5.91 Å². The number of likely N-dealkylation sites (tertiary alicyclic amines) is 1. The smallest absolute Gasteiger partial charge is 0.254 e. The Hall–Kier alpha value is -1.35. The van der Waals surface area contributed by atoms with Gasteiger partial charge >= 0.3 is 0 Å². The number of rotatable bonds is 4. The molecule has 19 heavy (non-hydrogen) atoms. The molecule has 1 amide bonds. The lowest BCUT2D eigenvalue weighted by Crippen LogP contribution is -2.39. The number of hydrogen-bond acceptors (Lipinski definition) is 2. The number of benzene rings is 1. The second-order valence-corrected chi connectivity index (χ2v) is 5.32. The van der Waals surface area contributed by atoms with Crippen LogP contribution in [0.4, 0.5) is 0 Å². The monoisotopic (exact) mass is 260 g/mol. The molecule has 0 aliphatic carbocycles. The fourth-order valence-electron chi connectivity index (χ4n) is 2.87. The van der Waals surface area contributed by atoms with Gasteiger partial charge in [-0.15, -0.1) is 0 Å². The summed E-state index contributed by atoms with van der Waals surface area (Å²) in [5.41, 5.74) is 7.63. The highest BCUT2D eigenvalue weighted by Crippen LogP contribution is 2.22. The average molecular weight is 260 g/mol. The summed E-state index contributed by atoms with van der Waals surface area (Å²) in [6.45, 7) is 4.61. The Morgan fingerprint density at radius 1 is 1.32 bits per heavy atom. The third kappa shape index (κ3) is 3.35. The van der Waals surface area contributed by atoms with Crippen molar-refractivity contribution in [3.8, 4) is 0 Å². The van der Waals surface area contributed by atoms with Gasteiger partial charge < -0.3 is 10.6 Å². The molecular weight excluding hydrogens is 236 g/mol. The fraction of sp³-hybridized carbons (Fsp3) is 0.562. The highest BCUT2D eigenvalue weighted by atomic mass is 16.2. The molecule has 0 bridgehead atoms. The summed E-state index contributed by atoms with van der Waals surface area (Å²) in [7, 11) is 0. The SMILES string of the molecule is CCc1ccccc1C(=O)N1CCC(CCN)CC1. The minimum Gasteiger partial charge on any atom is -0.339 e. The van der Waals surface area contributed by atoms with Crippen LogP contribution in [0.1, 0.15) is 42.1 Å². The number of aryl methyl sites for hydroxylation is 1. The Bertz CT molecular complexity index is 423. The summed E-state index contributed by atoms with van der Waals surface area (Å²) in [5, 5.41) is 0. The van der Waals surface area contributed by atoms with Gasteiger partial charge in [-0.2, -0.15) is 0 Å². The average Bonchev–Trinajstić information content (AvgIpc) is 2.47. The van der Waals surface area contributed by atoms with E-state index >= 15 is 0 Å². The first-order valence-corrected chi connectivity index (χ1v) is 7.33. The molecule has 0 aromatic heterocycles. The molecule has 0 radical (unpaired) electrons. The lowest BCUT2D eigenvalue weighted by atomic mass is 9.93. The third-order valence-corrected chi connectivity index (χ3v) is 4.11. The van der Waals surface area contributed by atoms with Gasteiger partial charge in [-0.1, -0.05) is 25.1 Å². The molecule has 0 atom stereocenters. The van der Waals surface area contributed by atoms with Gasteiger partial charge in [0.2, 0.25) is 0 Å². The summed E-state index contributed by atoms with van der Waals surface area (Å²) in [4.78, 5) is 14.5. The Kier molecular flexibility index (Phi) is 4.97. The standard InChI is InChI=1S/C16H24N2O/c1-2-14-5-3-4-6-15(14)16(19)18-11-8-13(7-10-17)9-12-18/h3-6,13H,2,7-12,17H2,1H3. The topological polar surface area (TPSA) is 46.3 Å². The van der Waals surface area contributed by atoms with E-state index < -0.39 is 0 Å². The minimum absolute atomic E-state index is 0.198. The van der Waals surface area contributed by atoms with Crippen LogP contribution in [-0.4, -0.2) is 30.4 Å². The van der Waals surface area contributed by atoms with Gasteiger partial charge in [0, 0.05) is 18.7 Å². The number of piperidine rings is 1. The zero-order valence-corrected chi connectivity index (χ0v) is 11.8. The first-order valence-electron chi connectivity index (χ1n) is 7.33. The van der Waals surface area contributed by atoms with Gasteiger partial charge in [0.15, 0.2) is 0 Å². The molecule has 3 nitrogen and oxygen atoms in total. The maximum Gasteiger partial charge on any atom is 0.254 e. The molecule has 0 saturated carbocycles. The first-order chi connectivity index (χ1) is 9.26. The van der Waals surface area contributed by atoms with E-state index in [1.54, 1.807) is 0 Å². The lowest BCUT2D eigenvalue weighted by Gasteiger charge is -2.32. The summed E-state index contributed by atoms with van der Waals surface area (Å²) in [6.07, 6.45) is 4.19. The van der Waals surface area contributed by atoms with Crippen molar-refractivity contribution < 1.29 is 4.79 Å². The number of hydrogen-bond donors (Lipinski definition) is 1. The van der Waals surface area contributed by atoms with E-state index in [4.69, 9.17) is 5.73 Å². The highest BCUT2D eigenvalue weighted by molar-refractivity contribution is 5.95. The molecule has 1 heterocycles. The van der Waals surface area contributed by atoms with Crippen molar-refractivity contribution in [1.29, 1.82) is 0 Å². The van der Waals surface area contributed by atoms with Gasteiger partial charge in [-0.05, 0) is 49.8 Å². The Labute approximate surface area is 115 Å². The van der Waals surface area contributed by atoms with E-state index in [-0.39, 0.29) is 5.91 Å². The molecule has 1 fully saturated rings. The van der Waals surface area contributed by atoms with Crippen LogP contribution in [0.5, 0.6) is 0 Å². The molecule has 1 aromatic rings. The molecule has 0 unspecified atom stereocenters. The van der Waals surface area contributed by atoms with Crippen LogP contribution < -0.4 is 5.73 Å². The second-order valence-electron chi connectivity index (χ2n) is 5.32. The van der Waals surface area contributed by atoms with Crippen LogP contribution in [0.15, 0.2) is 24.3 Å². The third-order valence-electron chi connectivity index (χ3n) is 4.11. The molecule has 1 aromatic carbocycles. The molecule has 0 spiro atoms. The van der Waals surface area contributed by atoms with E-state index in [0.717, 1.165) is 56.4 Å². The summed E-state index contributed by atoms with van der Waals surface area (Å²) in [5.74, 6) is 0.902. The summed E-state index contributed by atoms with van der Waals surface area (Å²) in [6, 6.07) is 7.96. The van der Waals surface area contributed by atoms with Crippen molar-refractivity contribution in [1.82, 2.24) is 4.90 Å². The van der Waals surface area contributed by atoms with Crippen LogP contribution in [0.2, 0.25) is 0 Å². The molecule has 104 valence electrons. The summed E-state index contributed by atoms with van der Waals surface area (Å²) >= 11 is 0. The van der Waals surface area contributed by atoms with Crippen molar-refractivity contribution in [3.63, 3.8) is 0 Å². The van der Waals surface area contributed by atoms with E-state index in [9.17, 15) is 4.79 Å². The van der Waals surface area contributed by atoms with Crippen molar-refractivity contribution in [3.05, 3.63) is 35.4 Å². The highest BCUT2D eigenvalue weighted by Gasteiger charge is 2.24. The zero-order chi connectivity index (χ0) is 13.7. The molecule has 1 saturated heterocycles. The number of carbonyl (C=O) groups is 1. The fourth-order valence-corrected chi connectivity index (χ4v) is 2.87. The predicted molar refractivity (Wildman–Crippen MR) is 78.1 cm³/mol. The van der Waals surface area contributed by atoms with Gasteiger partial charge in [-0.25, -0.2) is 0 Å². The Balaban J connectivity index is 2.01. The van der Waals surface area contributed by atoms with Gasteiger partial charge in [0.1, 0.15) is 0 Å². The number of amides is 1. The Morgan fingerprint density at radius 2 is 2.00 bits per heavy atom. The van der Waals surface area contributed by atoms with E-state index in [0.29, 0.717) is 5.92 Å². The summed E-state index contributed by atoms with van der Waals surface area (Å²) < 4.78 is 0. The number of nitrogens with zero attached hydrogens (tertiary/aromatic N) is 1. The normalized spacial score (nSPS) is 16.6. The molecule has 3 heteroatoms. The van der Waals surface area contributed by atoms with Crippen LogP contribution >= 0.6 is 0 Å². The maximum atomic E-state index is 12.5. The van der Waals surface area contributed by atoms with Crippen LogP contribution in [0, 0.1) is 5.92 Å². The maximum absolute atomic E-state index is 12.5. The van der Waals surface area contributed by atoms with Gasteiger partial charge in [0.05, 0.1) is 0 Å². The van der Waals surface area contributed by atoms with Crippen molar-refractivity contribution in [2.45, 2.75) is 32.6 Å². The van der Waals surface area contributed by atoms with Crippen LogP contribution in [0.25, 0.3) is 0 Å². The first kappa shape index (κ1) is 14.1. The van der Waals surface area contributed by atoms with Crippen LogP contribution in [0.3, 0.4) is 0 Å².